The third-order valence-electron chi connectivity index (χ3n) is 3.29. The van der Waals surface area contributed by atoms with Crippen LogP contribution < -0.4 is 14.8 Å². The average molecular weight is 315 g/mol. The molecule has 0 aliphatic heterocycles. The number of benzene rings is 1. The largest absolute Gasteiger partial charge is 0.493 e. The van der Waals surface area contributed by atoms with Crippen LogP contribution >= 0.6 is 0 Å². The van der Waals surface area contributed by atoms with E-state index >= 15 is 0 Å². The molecule has 0 saturated carbocycles. The molecular formula is C15H25NO4S. The van der Waals surface area contributed by atoms with Crippen molar-refractivity contribution in [1.29, 1.82) is 0 Å². The molecule has 0 unspecified atom stereocenters. The average Bonchev–Trinajstić information content (AvgIpc) is 2.50. The summed E-state index contributed by atoms with van der Waals surface area (Å²) in [5.41, 5.74) is 1.15. The van der Waals surface area contributed by atoms with Crippen molar-refractivity contribution in [2.75, 3.05) is 38.8 Å². The summed E-state index contributed by atoms with van der Waals surface area (Å²) in [6, 6.07) is 5.86. The minimum Gasteiger partial charge on any atom is -0.493 e. The van der Waals surface area contributed by atoms with Crippen LogP contribution in [0.25, 0.3) is 0 Å². The lowest BCUT2D eigenvalue weighted by atomic mass is 10.1. The van der Waals surface area contributed by atoms with Crippen molar-refractivity contribution >= 4 is 9.84 Å². The van der Waals surface area contributed by atoms with Gasteiger partial charge in [-0.15, -0.1) is 0 Å². The maximum Gasteiger partial charge on any atom is 0.160 e. The zero-order chi connectivity index (χ0) is 15.7. The van der Waals surface area contributed by atoms with Crippen molar-refractivity contribution in [2.45, 2.75) is 19.8 Å². The summed E-state index contributed by atoms with van der Waals surface area (Å²) in [6.07, 6.45) is 1.52. The van der Waals surface area contributed by atoms with Gasteiger partial charge in [-0.2, -0.15) is 0 Å². The molecule has 0 saturated heterocycles. The van der Waals surface area contributed by atoms with Crippen LogP contribution in [-0.4, -0.2) is 47.2 Å². The molecule has 1 N–H and O–H groups in total. The van der Waals surface area contributed by atoms with E-state index in [9.17, 15) is 8.42 Å². The highest BCUT2D eigenvalue weighted by molar-refractivity contribution is 7.91. The molecule has 0 aliphatic carbocycles. The molecule has 0 atom stereocenters. The minimum absolute atomic E-state index is 0.221. The second-order valence-electron chi connectivity index (χ2n) is 4.78. The van der Waals surface area contributed by atoms with Crippen LogP contribution in [0.2, 0.25) is 0 Å². The van der Waals surface area contributed by atoms with E-state index in [1.165, 1.54) is 0 Å². The number of hydrogen-bond acceptors (Lipinski definition) is 5. The van der Waals surface area contributed by atoms with Crippen molar-refractivity contribution in [2.24, 2.45) is 0 Å². The highest BCUT2D eigenvalue weighted by Gasteiger charge is 2.06. The zero-order valence-corrected chi connectivity index (χ0v) is 13.8. The monoisotopic (exact) mass is 315 g/mol. The fourth-order valence-electron chi connectivity index (χ4n) is 1.96. The molecule has 21 heavy (non-hydrogen) atoms. The van der Waals surface area contributed by atoms with Gasteiger partial charge in [-0.3, -0.25) is 0 Å². The van der Waals surface area contributed by atoms with Gasteiger partial charge < -0.3 is 14.8 Å². The number of ether oxygens (including phenoxy) is 2. The van der Waals surface area contributed by atoms with Crippen LogP contribution in [0.15, 0.2) is 18.2 Å². The topological polar surface area (TPSA) is 64.6 Å². The van der Waals surface area contributed by atoms with E-state index < -0.39 is 9.84 Å². The number of sulfone groups is 1. The molecule has 120 valence electrons. The predicted molar refractivity (Wildman–Crippen MR) is 85.1 cm³/mol. The van der Waals surface area contributed by atoms with Gasteiger partial charge in [0.25, 0.3) is 0 Å². The second kappa shape index (κ2) is 8.89. The van der Waals surface area contributed by atoms with Gasteiger partial charge in [0, 0.05) is 5.75 Å². The van der Waals surface area contributed by atoms with Crippen LogP contribution in [0, 0.1) is 0 Å². The van der Waals surface area contributed by atoms with Gasteiger partial charge in [0.2, 0.25) is 0 Å². The van der Waals surface area contributed by atoms with Crippen molar-refractivity contribution in [1.82, 2.24) is 5.32 Å². The molecule has 0 fully saturated rings. The lowest BCUT2D eigenvalue weighted by Crippen LogP contribution is -2.21. The minimum atomic E-state index is -2.85. The molecule has 0 spiro atoms. The standard InChI is InChI=1S/C15H25NO4S/c1-4-21(17,18)11-5-9-16-10-8-13-6-7-14(19-2)15(12-13)20-3/h6-7,12,16H,4-5,8-11H2,1-3H3. The Morgan fingerprint density at radius 2 is 1.81 bits per heavy atom. The van der Waals surface area contributed by atoms with Crippen molar-refractivity contribution in [3.63, 3.8) is 0 Å². The zero-order valence-electron chi connectivity index (χ0n) is 13.0. The number of methoxy groups -OCH3 is 2. The molecule has 1 aromatic rings. The van der Waals surface area contributed by atoms with Gasteiger partial charge >= 0.3 is 0 Å². The second-order valence-corrected chi connectivity index (χ2v) is 7.25. The molecule has 1 aromatic carbocycles. The number of nitrogens with one attached hydrogen (secondary N) is 1. The molecule has 0 heterocycles. The summed E-state index contributed by atoms with van der Waals surface area (Å²) < 4.78 is 33.1. The summed E-state index contributed by atoms with van der Waals surface area (Å²) >= 11 is 0. The Hall–Kier alpha value is -1.27. The van der Waals surface area contributed by atoms with Gasteiger partial charge in [-0.25, -0.2) is 8.42 Å². The molecule has 0 amide bonds. The Balaban J connectivity index is 2.30. The molecule has 0 aliphatic rings. The maximum absolute atomic E-state index is 11.3. The van der Waals surface area contributed by atoms with Gasteiger partial charge in [0.05, 0.1) is 20.0 Å². The van der Waals surface area contributed by atoms with Crippen LogP contribution in [0.4, 0.5) is 0 Å². The Bertz CT molecular complexity index is 528. The van der Waals surface area contributed by atoms with Gasteiger partial charge in [0.15, 0.2) is 11.5 Å². The SMILES string of the molecule is CCS(=O)(=O)CCCNCCc1ccc(OC)c(OC)c1. The fraction of sp³-hybridized carbons (Fsp3) is 0.600. The van der Waals surface area contributed by atoms with Crippen LogP contribution in [0.3, 0.4) is 0 Å². The summed E-state index contributed by atoms with van der Waals surface area (Å²) in [4.78, 5) is 0. The quantitative estimate of drug-likeness (QED) is 0.665. The first-order valence-electron chi connectivity index (χ1n) is 7.14. The molecule has 0 radical (unpaired) electrons. The summed E-state index contributed by atoms with van der Waals surface area (Å²) in [6.45, 7) is 3.20. The third kappa shape index (κ3) is 6.35. The first-order chi connectivity index (χ1) is 10.0. The third-order valence-corrected chi connectivity index (χ3v) is 5.08. The van der Waals surface area contributed by atoms with Gasteiger partial charge in [0.1, 0.15) is 9.84 Å². The van der Waals surface area contributed by atoms with E-state index in [0.717, 1.165) is 30.0 Å². The summed E-state index contributed by atoms with van der Waals surface area (Å²) in [7, 11) is 0.388. The molecule has 1 rings (SSSR count). The van der Waals surface area contributed by atoms with Gasteiger partial charge in [-0.1, -0.05) is 13.0 Å². The van der Waals surface area contributed by atoms with Crippen LogP contribution in [-0.2, 0) is 16.3 Å². The smallest absolute Gasteiger partial charge is 0.160 e. The Kier molecular flexibility index (Phi) is 7.53. The van der Waals surface area contributed by atoms with E-state index in [1.54, 1.807) is 21.1 Å². The van der Waals surface area contributed by atoms with E-state index in [1.807, 2.05) is 18.2 Å². The van der Waals surface area contributed by atoms with E-state index in [-0.39, 0.29) is 11.5 Å². The number of hydrogen-bond donors (Lipinski definition) is 1. The van der Waals surface area contributed by atoms with Crippen molar-refractivity contribution < 1.29 is 17.9 Å². The molecule has 0 bridgehead atoms. The van der Waals surface area contributed by atoms with E-state index in [0.29, 0.717) is 13.0 Å². The maximum atomic E-state index is 11.3. The molecular weight excluding hydrogens is 290 g/mol. The fourth-order valence-corrected chi connectivity index (χ4v) is 2.83. The first-order valence-corrected chi connectivity index (χ1v) is 8.96. The highest BCUT2D eigenvalue weighted by Crippen LogP contribution is 2.27. The summed E-state index contributed by atoms with van der Waals surface area (Å²) in [5.74, 6) is 1.92. The van der Waals surface area contributed by atoms with Crippen LogP contribution in [0.5, 0.6) is 11.5 Å². The molecule has 5 nitrogen and oxygen atoms in total. The Morgan fingerprint density at radius 1 is 1.10 bits per heavy atom. The normalized spacial score (nSPS) is 11.4. The predicted octanol–water partition coefficient (Wildman–Crippen LogP) is 1.66. The van der Waals surface area contributed by atoms with E-state index in [4.69, 9.17) is 9.47 Å². The van der Waals surface area contributed by atoms with Gasteiger partial charge in [-0.05, 0) is 43.6 Å². The first kappa shape index (κ1) is 17.8. The van der Waals surface area contributed by atoms with Crippen LogP contribution in [0.1, 0.15) is 18.9 Å². The lowest BCUT2D eigenvalue weighted by Gasteiger charge is -2.10. The Labute approximate surface area is 127 Å². The summed E-state index contributed by atoms with van der Waals surface area (Å²) in [5, 5.41) is 3.26. The van der Waals surface area contributed by atoms with Crippen molar-refractivity contribution in [3.8, 4) is 11.5 Å². The molecule has 6 heteroatoms. The highest BCUT2D eigenvalue weighted by atomic mass is 32.2. The number of rotatable bonds is 10. The molecule has 0 aromatic heterocycles. The lowest BCUT2D eigenvalue weighted by molar-refractivity contribution is 0.354. The van der Waals surface area contributed by atoms with E-state index in [2.05, 4.69) is 5.32 Å². The van der Waals surface area contributed by atoms with Crippen molar-refractivity contribution in [3.05, 3.63) is 23.8 Å². The Morgan fingerprint density at radius 3 is 2.43 bits per heavy atom.